The number of ether oxygens (including phenoxy) is 1. The molecule has 1 unspecified atom stereocenters. The highest BCUT2D eigenvalue weighted by Gasteiger charge is 2.57. The lowest BCUT2D eigenvalue weighted by Crippen LogP contribution is -2.28. The highest BCUT2D eigenvalue weighted by molar-refractivity contribution is 5.90. The van der Waals surface area contributed by atoms with Gasteiger partial charge in [-0.25, -0.2) is 18.0 Å². The van der Waals surface area contributed by atoms with Gasteiger partial charge in [0, 0.05) is 43.8 Å². The largest absolute Gasteiger partial charge is 0.465 e. The van der Waals surface area contributed by atoms with Gasteiger partial charge in [0.2, 0.25) is 0 Å². The Labute approximate surface area is 154 Å². The lowest BCUT2D eigenvalue weighted by atomic mass is 10.0. The van der Waals surface area contributed by atoms with Crippen LogP contribution >= 0.6 is 0 Å². The van der Waals surface area contributed by atoms with Gasteiger partial charge in [0.25, 0.3) is 5.92 Å². The molecule has 3 rings (SSSR count). The minimum absolute atomic E-state index is 0.0989. The predicted octanol–water partition coefficient (Wildman–Crippen LogP) is 3.88. The number of esters is 1. The zero-order chi connectivity index (χ0) is 19.6. The van der Waals surface area contributed by atoms with Crippen LogP contribution in [0, 0.1) is 11.7 Å². The van der Waals surface area contributed by atoms with Gasteiger partial charge >= 0.3 is 5.97 Å². The number of hydrogen-bond donors (Lipinski definition) is 0. The van der Waals surface area contributed by atoms with Gasteiger partial charge in [-0.05, 0) is 23.8 Å². The lowest BCUT2D eigenvalue weighted by Gasteiger charge is -2.24. The first kappa shape index (κ1) is 18.9. The van der Waals surface area contributed by atoms with Crippen LogP contribution in [-0.4, -0.2) is 43.0 Å². The number of nitrogens with zero attached hydrogens (tertiary/aromatic N) is 3. The molecular formula is C19H18F3N3O2. The number of alkyl halides is 2. The number of carbonyl (C=O) groups is 1. The molecule has 1 atom stereocenters. The molecule has 2 aliphatic rings. The van der Waals surface area contributed by atoms with Crippen LogP contribution in [0.15, 0.2) is 46.8 Å². The molecule has 1 aliphatic heterocycles. The van der Waals surface area contributed by atoms with Crippen LogP contribution in [0.25, 0.3) is 5.57 Å². The molecule has 142 valence electrons. The van der Waals surface area contributed by atoms with E-state index < -0.39 is 23.6 Å². The van der Waals surface area contributed by atoms with Crippen molar-refractivity contribution in [1.82, 2.24) is 4.90 Å². The van der Waals surface area contributed by atoms with Gasteiger partial charge in [0.15, 0.2) is 0 Å². The van der Waals surface area contributed by atoms with E-state index in [1.54, 1.807) is 23.3 Å². The average Bonchev–Trinajstić information content (AvgIpc) is 3.26. The van der Waals surface area contributed by atoms with Gasteiger partial charge in [0.05, 0.1) is 12.7 Å². The molecule has 0 bridgehead atoms. The van der Waals surface area contributed by atoms with Crippen LogP contribution < -0.4 is 0 Å². The van der Waals surface area contributed by atoms with Crippen molar-refractivity contribution in [3.8, 4) is 0 Å². The third-order valence-corrected chi connectivity index (χ3v) is 4.55. The fourth-order valence-electron chi connectivity index (χ4n) is 2.89. The minimum atomic E-state index is -2.65. The first-order valence-electron chi connectivity index (χ1n) is 8.29. The molecule has 1 fully saturated rings. The molecule has 0 N–H and O–H groups in total. The summed E-state index contributed by atoms with van der Waals surface area (Å²) in [5.74, 6) is -4.16. The number of hydrogen-bond acceptors (Lipinski definition) is 4. The van der Waals surface area contributed by atoms with Gasteiger partial charge in [-0.15, -0.1) is 5.10 Å². The quantitative estimate of drug-likeness (QED) is 0.339. The maximum absolute atomic E-state index is 14.3. The Kier molecular flexibility index (Phi) is 5.16. The second kappa shape index (κ2) is 7.38. The number of rotatable bonds is 5. The van der Waals surface area contributed by atoms with E-state index in [0.717, 1.165) is 6.07 Å². The van der Waals surface area contributed by atoms with Crippen LogP contribution in [0.1, 0.15) is 28.8 Å². The van der Waals surface area contributed by atoms with Crippen LogP contribution in [0.2, 0.25) is 0 Å². The fourth-order valence-corrected chi connectivity index (χ4v) is 2.89. The van der Waals surface area contributed by atoms with E-state index in [1.807, 2.05) is 0 Å². The SMILES string of the molecule is C=N/N=C(/CC1CC1(F)F)N1C=CC(c2ccc(C(=O)OC)cc2F)=CC1. The Hall–Kier alpha value is -2.90. The molecule has 0 spiro atoms. The molecule has 0 saturated heterocycles. The standard InChI is InChI=1S/C19H18F3N3O2/c1-23-24-17(10-14-11-19(14,21)22)25-7-5-12(6-8-25)15-4-3-13(9-16(15)20)18(26)27-2/h3-7,9,14H,1,8,10-11H2,2H3/b24-17-. The molecule has 1 saturated carbocycles. The Morgan fingerprint density at radius 3 is 2.70 bits per heavy atom. The smallest absolute Gasteiger partial charge is 0.337 e. The lowest BCUT2D eigenvalue weighted by molar-refractivity contribution is 0.0600. The first-order chi connectivity index (χ1) is 12.9. The summed E-state index contributed by atoms with van der Waals surface area (Å²) in [6.07, 6.45) is 5.00. The van der Waals surface area contributed by atoms with Gasteiger partial charge in [-0.1, -0.05) is 12.1 Å². The van der Waals surface area contributed by atoms with Crippen LogP contribution in [0.4, 0.5) is 13.2 Å². The van der Waals surface area contributed by atoms with Crippen molar-refractivity contribution < 1.29 is 22.7 Å². The maximum atomic E-state index is 14.3. The molecule has 27 heavy (non-hydrogen) atoms. The number of allylic oxidation sites excluding steroid dienone is 2. The number of halogens is 3. The summed E-state index contributed by atoms with van der Waals surface area (Å²) in [6, 6.07) is 4.10. The van der Waals surface area contributed by atoms with Gasteiger partial charge in [0.1, 0.15) is 11.7 Å². The summed E-state index contributed by atoms with van der Waals surface area (Å²) in [4.78, 5) is 13.1. The summed E-state index contributed by atoms with van der Waals surface area (Å²) in [6.45, 7) is 3.61. The van der Waals surface area contributed by atoms with Crippen molar-refractivity contribution >= 4 is 24.1 Å². The first-order valence-corrected chi connectivity index (χ1v) is 8.29. The second-order valence-electron chi connectivity index (χ2n) is 6.34. The highest BCUT2D eigenvalue weighted by Crippen LogP contribution is 2.51. The monoisotopic (exact) mass is 377 g/mol. The Morgan fingerprint density at radius 2 is 2.19 bits per heavy atom. The molecule has 8 heteroatoms. The number of carbonyl (C=O) groups excluding carboxylic acids is 1. The molecule has 5 nitrogen and oxygen atoms in total. The topological polar surface area (TPSA) is 54.3 Å². The summed E-state index contributed by atoms with van der Waals surface area (Å²) in [5, 5.41) is 7.32. The molecule has 1 heterocycles. The van der Waals surface area contributed by atoms with E-state index in [-0.39, 0.29) is 18.4 Å². The van der Waals surface area contributed by atoms with E-state index in [4.69, 9.17) is 0 Å². The molecule has 1 aromatic rings. The Morgan fingerprint density at radius 1 is 1.44 bits per heavy atom. The Balaban J connectivity index is 1.73. The molecule has 0 aromatic heterocycles. The summed E-state index contributed by atoms with van der Waals surface area (Å²) in [5.41, 5.74) is 1.06. The van der Waals surface area contributed by atoms with E-state index in [9.17, 15) is 18.0 Å². The van der Waals surface area contributed by atoms with Gasteiger partial charge in [-0.2, -0.15) is 5.10 Å². The van der Waals surface area contributed by atoms with Crippen molar-refractivity contribution in [3.63, 3.8) is 0 Å². The minimum Gasteiger partial charge on any atom is -0.465 e. The second-order valence-corrected chi connectivity index (χ2v) is 6.34. The summed E-state index contributed by atoms with van der Waals surface area (Å²) in [7, 11) is 1.23. The average molecular weight is 377 g/mol. The normalized spacial score (nSPS) is 20.9. The van der Waals surface area contributed by atoms with Crippen LogP contribution in [0.5, 0.6) is 0 Å². The molecular weight excluding hydrogens is 359 g/mol. The molecule has 1 aromatic carbocycles. The van der Waals surface area contributed by atoms with Crippen molar-refractivity contribution in [2.45, 2.75) is 18.8 Å². The zero-order valence-electron chi connectivity index (χ0n) is 14.7. The van der Waals surface area contributed by atoms with Crippen LogP contribution in [-0.2, 0) is 4.74 Å². The van der Waals surface area contributed by atoms with Crippen LogP contribution in [0.3, 0.4) is 0 Å². The summed E-state index contributed by atoms with van der Waals surface area (Å²) >= 11 is 0. The number of methoxy groups -OCH3 is 1. The third-order valence-electron chi connectivity index (χ3n) is 4.55. The molecule has 1 aliphatic carbocycles. The predicted molar refractivity (Wildman–Crippen MR) is 96.2 cm³/mol. The van der Waals surface area contributed by atoms with Crippen molar-refractivity contribution in [2.75, 3.05) is 13.7 Å². The maximum Gasteiger partial charge on any atom is 0.337 e. The van der Waals surface area contributed by atoms with E-state index in [1.165, 1.54) is 19.2 Å². The van der Waals surface area contributed by atoms with Crippen molar-refractivity contribution in [2.24, 2.45) is 16.1 Å². The molecule has 0 radical (unpaired) electrons. The number of amidine groups is 1. The third kappa shape index (κ3) is 4.10. The highest BCUT2D eigenvalue weighted by atomic mass is 19.3. The summed E-state index contributed by atoms with van der Waals surface area (Å²) < 4.78 is 45.3. The van der Waals surface area contributed by atoms with E-state index in [0.29, 0.717) is 23.5 Å². The zero-order valence-corrected chi connectivity index (χ0v) is 14.7. The van der Waals surface area contributed by atoms with Gasteiger partial charge in [-0.3, -0.25) is 0 Å². The fraction of sp³-hybridized carbons (Fsp3) is 0.316. The molecule has 0 amide bonds. The van der Waals surface area contributed by atoms with E-state index in [2.05, 4.69) is 21.7 Å². The van der Waals surface area contributed by atoms with Gasteiger partial charge < -0.3 is 9.64 Å². The number of benzene rings is 1. The van der Waals surface area contributed by atoms with Crippen molar-refractivity contribution in [3.05, 3.63) is 53.5 Å². The van der Waals surface area contributed by atoms with Crippen molar-refractivity contribution in [1.29, 1.82) is 0 Å². The Bertz CT molecular complexity index is 862. The van der Waals surface area contributed by atoms with E-state index >= 15 is 0 Å².